The Bertz CT molecular complexity index is 1070. The third-order valence-electron chi connectivity index (χ3n) is 4.44. The molecule has 0 saturated heterocycles. The minimum absolute atomic E-state index is 0.255. The van der Waals surface area contributed by atoms with Crippen molar-refractivity contribution in [3.63, 3.8) is 0 Å². The van der Waals surface area contributed by atoms with E-state index in [2.05, 4.69) is 4.98 Å². The van der Waals surface area contributed by atoms with Gasteiger partial charge in [0.25, 0.3) is 11.5 Å². The number of methoxy groups -OCH3 is 1. The first-order chi connectivity index (χ1) is 12.9. The standard InChI is InChI=1S/C20H19ClN2O4/c1-4-23(12-6-8-13(27-3)9-7-12)20(26)16-18(24)15-14(22-19(16)25)10-5-11(2)17(15)21/h5-10H,4H2,1-3H3,(H2,22,24,25). The van der Waals surface area contributed by atoms with Crippen molar-refractivity contribution in [3.8, 4) is 11.5 Å². The Balaban J connectivity index is 2.16. The van der Waals surface area contributed by atoms with Crippen LogP contribution in [0.1, 0.15) is 22.8 Å². The van der Waals surface area contributed by atoms with Crippen LogP contribution in [0.15, 0.2) is 41.2 Å². The lowest BCUT2D eigenvalue weighted by Gasteiger charge is -2.22. The molecule has 2 aromatic carbocycles. The number of aromatic nitrogens is 1. The molecule has 0 radical (unpaired) electrons. The number of nitrogens with one attached hydrogen (secondary N) is 1. The van der Waals surface area contributed by atoms with E-state index in [4.69, 9.17) is 16.3 Å². The van der Waals surface area contributed by atoms with Gasteiger partial charge < -0.3 is 19.7 Å². The van der Waals surface area contributed by atoms with Gasteiger partial charge in [0.05, 0.1) is 23.0 Å². The van der Waals surface area contributed by atoms with Gasteiger partial charge in [-0.3, -0.25) is 9.59 Å². The van der Waals surface area contributed by atoms with Gasteiger partial charge >= 0.3 is 0 Å². The normalized spacial score (nSPS) is 10.8. The minimum Gasteiger partial charge on any atom is -0.506 e. The Labute approximate surface area is 161 Å². The summed E-state index contributed by atoms with van der Waals surface area (Å²) in [5.41, 5.74) is 0.673. The molecule has 7 heteroatoms. The quantitative estimate of drug-likeness (QED) is 0.713. The number of ether oxygens (including phenoxy) is 1. The number of H-pyrrole nitrogens is 1. The van der Waals surface area contributed by atoms with E-state index in [0.717, 1.165) is 5.56 Å². The molecule has 3 aromatic rings. The predicted octanol–water partition coefficient (Wildman–Crippen LogP) is 3.87. The highest BCUT2D eigenvalue weighted by atomic mass is 35.5. The zero-order valence-corrected chi connectivity index (χ0v) is 15.9. The number of hydrogen-bond donors (Lipinski definition) is 2. The van der Waals surface area contributed by atoms with Gasteiger partial charge in [0.2, 0.25) is 0 Å². The van der Waals surface area contributed by atoms with Crippen molar-refractivity contribution >= 4 is 34.1 Å². The maximum atomic E-state index is 13.1. The zero-order chi connectivity index (χ0) is 19.7. The number of carbonyl (C=O) groups is 1. The van der Waals surface area contributed by atoms with E-state index >= 15 is 0 Å². The van der Waals surface area contributed by atoms with Crippen LogP contribution in [0.4, 0.5) is 5.69 Å². The summed E-state index contributed by atoms with van der Waals surface area (Å²) < 4.78 is 5.13. The molecule has 2 N–H and O–H groups in total. The zero-order valence-electron chi connectivity index (χ0n) is 15.2. The number of amides is 1. The van der Waals surface area contributed by atoms with Gasteiger partial charge in [0, 0.05) is 12.2 Å². The van der Waals surface area contributed by atoms with Crippen molar-refractivity contribution in [2.75, 3.05) is 18.6 Å². The lowest BCUT2D eigenvalue weighted by molar-refractivity contribution is 0.0984. The van der Waals surface area contributed by atoms with Crippen molar-refractivity contribution in [1.82, 2.24) is 4.98 Å². The number of hydrogen-bond acceptors (Lipinski definition) is 4. The number of rotatable bonds is 4. The van der Waals surface area contributed by atoms with Crippen LogP contribution in [0.25, 0.3) is 10.9 Å². The fourth-order valence-corrected chi connectivity index (χ4v) is 3.23. The number of fused-ring (bicyclic) bond motifs is 1. The van der Waals surface area contributed by atoms with Gasteiger partial charge in [-0.05, 0) is 49.7 Å². The summed E-state index contributed by atoms with van der Waals surface area (Å²) in [6.07, 6.45) is 0. The van der Waals surface area contributed by atoms with E-state index in [1.807, 2.05) is 0 Å². The monoisotopic (exact) mass is 386 g/mol. The largest absolute Gasteiger partial charge is 0.506 e. The molecule has 6 nitrogen and oxygen atoms in total. The van der Waals surface area contributed by atoms with E-state index in [9.17, 15) is 14.7 Å². The second-order valence-corrected chi connectivity index (χ2v) is 6.42. The lowest BCUT2D eigenvalue weighted by Crippen LogP contribution is -2.34. The molecular weight excluding hydrogens is 368 g/mol. The first kappa shape index (κ1) is 18.8. The molecule has 1 aromatic heterocycles. The summed E-state index contributed by atoms with van der Waals surface area (Å²) in [6, 6.07) is 10.2. The Kier molecular flexibility index (Phi) is 5.10. The number of pyridine rings is 1. The molecule has 0 spiro atoms. The third-order valence-corrected chi connectivity index (χ3v) is 4.93. The first-order valence-corrected chi connectivity index (χ1v) is 8.76. The van der Waals surface area contributed by atoms with Crippen LogP contribution in [0.5, 0.6) is 11.5 Å². The number of aromatic hydroxyl groups is 1. The van der Waals surface area contributed by atoms with Gasteiger partial charge in [0.15, 0.2) is 0 Å². The summed E-state index contributed by atoms with van der Waals surface area (Å²) in [5.74, 6) is -0.379. The van der Waals surface area contributed by atoms with E-state index < -0.39 is 17.2 Å². The molecule has 1 amide bonds. The van der Waals surface area contributed by atoms with Crippen molar-refractivity contribution in [2.24, 2.45) is 0 Å². The van der Waals surface area contributed by atoms with Gasteiger partial charge in [-0.25, -0.2) is 0 Å². The molecule has 0 saturated carbocycles. The fraction of sp³-hybridized carbons (Fsp3) is 0.200. The molecular formula is C20H19ClN2O4. The summed E-state index contributed by atoms with van der Waals surface area (Å²) in [6.45, 7) is 3.87. The SMILES string of the molecule is CCN(C(=O)c1c(O)c2c(Cl)c(C)ccc2[nH]c1=O)c1ccc(OC)cc1. The molecule has 0 atom stereocenters. The number of aromatic amines is 1. The number of nitrogens with zero attached hydrogens (tertiary/aromatic N) is 1. The summed E-state index contributed by atoms with van der Waals surface area (Å²) in [4.78, 5) is 29.6. The van der Waals surface area contributed by atoms with Crippen LogP contribution in [-0.4, -0.2) is 29.7 Å². The average molecular weight is 387 g/mol. The molecule has 140 valence electrons. The summed E-state index contributed by atoms with van der Waals surface area (Å²) >= 11 is 6.30. The third kappa shape index (κ3) is 3.24. The van der Waals surface area contributed by atoms with Crippen LogP contribution >= 0.6 is 11.6 Å². The number of halogens is 1. The van der Waals surface area contributed by atoms with Crippen molar-refractivity contribution in [3.05, 3.63) is 62.9 Å². The van der Waals surface area contributed by atoms with Crippen LogP contribution in [0.2, 0.25) is 5.02 Å². The van der Waals surface area contributed by atoms with Crippen molar-refractivity contribution in [2.45, 2.75) is 13.8 Å². The van der Waals surface area contributed by atoms with Crippen molar-refractivity contribution < 1.29 is 14.6 Å². The minimum atomic E-state index is -0.670. The second kappa shape index (κ2) is 7.32. The molecule has 3 rings (SSSR count). The van der Waals surface area contributed by atoms with Gasteiger partial charge in [-0.2, -0.15) is 0 Å². The predicted molar refractivity (Wildman–Crippen MR) is 106 cm³/mol. The molecule has 27 heavy (non-hydrogen) atoms. The molecule has 1 heterocycles. The molecule has 0 fully saturated rings. The highest BCUT2D eigenvalue weighted by molar-refractivity contribution is 6.37. The van der Waals surface area contributed by atoms with Gasteiger partial charge in [0.1, 0.15) is 17.1 Å². The number of anilines is 1. The fourth-order valence-electron chi connectivity index (χ4n) is 2.97. The highest BCUT2D eigenvalue weighted by Crippen LogP contribution is 2.34. The van der Waals surface area contributed by atoms with E-state index in [-0.39, 0.29) is 10.9 Å². The first-order valence-electron chi connectivity index (χ1n) is 8.39. The van der Waals surface area contributed by atoms with Gasteiger partial charge in [-0.1, -0.05) is 17.7 Å². The Morgan fingerprint density at radius 3 is 2.48 bits per heavy atom. The van der Waals surface area contributed by atoms with E-state index in [1.54, 1.807) is 57.4 Å². The molecule has 0 aliphatic heterocycles. The maximum absolute atomic E-state index is 13.1. The highest BCUT2D eigenvalue weighted by Gasteiger charge is 2.25. The molecule has 0 aliphatic rings. The molecule has 0 unspecified atom stereocenters. The van der Waals surface area contributed by atoms with E-state index in [0.29, 0.717) is 28.5 Å². The topological polar surface area (TPSA) is 82.6 Å². The number of benzene rings is 2. The van der Waals surface area contributed by atoms with Crippen LogP contribution in [0.3, 0.4) is 0 Å². The maximum Gasteiger partial charge on any atom is 0.267 e. The second-order valence-electron chi connectivity index (χ2n) is 6.04. The number of carbonyl (C=O) groups excluding carboxylic acids is 1. The van der Waals surface area contributed by atoms with Crippen LogP contribution in [-0.2, 0) is 0 Å². The van der Waals surface area contributed by atoms with Crippen LogP contribution in [0, 0.1) is 6.92 Å². The summed E-state index contributed by atoms with van der Waals surface area (Å²) in [5, 5.41) is 11.3. The smallest absolute Gasteiger partial charge is 0.267 e. The Hall–Kier alpha value is -2.99. The molecule has 0 aliphatic carbocycles. The van der Waals surface area contributed by atoms with E-state index in [1.165, 1.54) is 4.90 Å². The molecule has 0 bridgehead atoms. The number of aryl methyl sites for hydroxylation is 1. The van der Waals surface area contributed by atoms with Crippen LogP contribution < -0.4 is 15.2 Å². The Morgan fingerprint density at radius 2 is 1.89 bits per heavy atom. The van der Waals surface area contributed by atoms with Crippen molar-refractivity contribution in [1.29, 1.82) is 0 Å². The summed E-state index contributed by atoms with van der Waals surface area (Å²) in [7, 11) is 1.55. The Morgan fingerprint density at radius 1 is 1.22 bits per heavy atom. The average Bonchev–Trinajstić information content (AvgIpc) is 2.65. The van der Waals surface area contributed by atoms with Gasteiger partial charge in [-0.15, -0.1) is 0 Å². The lowest BCUT2D eigenvalue weighted by atomic mass is 10.1.